The molecule has 0 aromatic heterocycles. The zero-order chi connectivity index (χ0) is 0. The second-order valence-electron chi connectivity index (χ2n) is 0. The van der Waals surface area contributed by atoms with E-state index in [0.29, 0.717) is 0 Å². The molecule has 0 aliphatic heterocycles. The topological polar surface area (TPSA) is 0 Å². The van der Waals surface area contributed by atoms with Gasteiger partial charge in [-0.05, 0) is 0 Å². The molecule has 0 fully saturated rings. The van der Waals surface area contributed by atoms with Crippen LogP contribution >= 0.6 is 0 Å². The smallest absolute Gasteiger partial charge is 0 e. The normalized spacial score (nSPS) is 0. The maximum absolute atomic E-state index is 0. The first-order valence-corrected chi connectivity index (χ1v) is 0. The van der Waals surface area contributed by atoms with Crippen LogP contribution in [0, 0.1) is 0 Å². The summed E-state index contributed by atoms with van der Waals surface area (Å²) in [5.74, 6) is 0. The molecule has 0 nitrogen and oxygen atoms in total. The SMILES string of the molecule is [AlH3].[Cu].[Ti].[Zn]. The molecule has 0 spiro atoms. The van der Waals surface area contributed by atoms with Gasteiger partial charge in [0.25, 0.3) is 0 Å². The molecule has 0 heterocycles. The third-order valence-electron chi connectivity index (χ3n) is 0. The first-order chi connectivity index (χ1) is 0. The monoisotopic (exact) mass is 205 g/mol. The Hall–Kier alpha value is 2.39. The van der Waals surface area contributed by atoms with E-state index in [-0.39, 0.29) is 75.6 Å². The van der Waals surface area contributed by atoms with Crippen LogP contribution in [0.15, 0.2) is 0 Å². The third kappa shape index (κ3) is 8.83. The second-order valence-corrected chi connectivity index (χ2v) is 0. The van der Waals surface area contributed by atoms with E-state index in [0.717, 1.165) is 0 Å². The molecule has 0 bridgehead atoms. The van der Waals surface area contributed by atoms with Crippen LogP contribution in [0.1, 0.15) is 0 Å². The molecule has 0 aromatic carbocycles. The van der Waals surface area contributed by atoms with Crippen molar-refractivity contribution in [3.8, 4) is 0 Å². The zero-order valence-electron chi connectivity index (χ0n) is 1.51. The molecule has 0 aromatic rings. The van der Waals surface area contributed by atoms with Crippen molar-refractivity contribution in [1.82, 2.24) is 0 Å². The van der Waals surface area contributed by atoms with Gasteiger partial charge in [0, 0.05) is 58.3 Å². The van der Waals surface area contributed by atoms with Crippen LogP contribution in [0.25, 0.3) is 0 Å². The predicted octanol–water partition coefficient (Wildman–Crippen LogP) is -1.19. The van der Waals surface area contributed by atoms with Gasteiger partial charge in [-0.3, -0.25) is 0 Å². The summed E-state index contributed by atoms with van der Waals surface area (Å²) < 4.78 is 0. The molecule has 0 aliphatic rings. The average molecular weight is 207 g/mol. The van der Waals surface area contributed by atoms with Crippen LogP contribution in [0.5, 0.6) is 0 Å². The van der Waals surface area contributed by atoms with Crippen LogP contribution in [0.2, 0.25) is 0 Å². The van der Waals surface area contributed by atoms with Crippen molar-refractivity contribution >= 4 is 17.4 Å². The molecular formula is H3AlCuTiZn. The fraction of sp³-hybridized carbons (Fsp3) is 0. The summed E-state index contributed by atoms with van der Waals surface area (Å²) in [6.07, 6.45) is 0. The first-order valence-electron chi connectivity index (χ1n) is 0. The van der Waals surface area contributed by atoms with Gasteiger partial charge in [-0.15, -0.1) is 0 Å². The molecule has 0 rings (SSSR count). The van der Waals surface area contributed by atoms with Crippen molar-refractivity contribution < 1.29 is 58.3 Å². The molecular weight excluding hydrogens is 204 g/mol. The van der Waals surface area contributed by atoms with Crippen molar-refractivity contribution in [3.63, 3.8) is 0 Å². The summed E-state index contributed by atoms with van der Waals surface area (Å²) in [7, 11) is 0. The Balaban J connectivity index is 0. The molecule has 0 saturated heterocycles. The maximum Gasteiger partial charge on any atom is 0.187 e. The summed E-state index contributed by atoms with van der Waals surface area (Å²) >= 11 is 0. The van der Waals surface area contributed by atoms with Crippen LogP contribution < -0.4 is 0 Å². The number of rotatable bonds is 0. The summed E-state index contributed by atoms with van der Waals surface area (Å²) in [5, 5.41) is 0. The molecule has 0 unspecified atom stereocenters. The molecule has 0 atom stereocenters. The quantitative estimate of drug-likeness (QED) is 0.438. The van der Waals surface area contributed by atoms with E-state index in [1.807, 2.05) is 0 Å². The summed E-state index contributed by atoms with van der Waals surface area (Å²) in [4.78, 5) is 0. The molecule has 4 heteroatoms. The number of hydrogen-bond acceptors (Lipinski definition) is 0. The fourth-order valence-corrected chi connectivity index (χ4v) is 0. The van der Waals surface area contributed by atoms with E-state index >= 15 is 0 Å². The van der Waals surface area contributed by atoms with Gasteiger partial charge in [-0.2, -0.15) is 0 Å². The minimum absolute atomic E-state index is 0. The van der Waals surface area contributed by atoms with E-state index in [1.54, 1.807) is 0 Å². The molecule has 4 heavy (non-hydrogen) atoms. The van der Waals surface area contributed by atoms with Gasteiger partial charge in [0.2, 0.25) is 0 Å². The van der Waals surface area contributed by atoms with Crippen molar-refractivity contribution in [2.75, 3.05) is 0 Å². The van der Waals surface area contributed by atoms with Crippen molar-refractivity contribution in [3.05, 3.63) is 0 Å². The molecule has 0 amide bonds. The Bertz CT molecular complexity index is 8.00. The third-order valence-corrected chi connectivity index (χ3v) is 0. The second kappa shape index (κ2) is 18.2. The van der Waals surface area contributed by atoms with Crippen LogP contribution in [0.3, 0.4) is 0 Å². The molecule has 0 saturated carbocycles. The van der Waals surface area contributed by atoms with Gasteiger partial charge in [0.1, 0.15) is 0 Å². The van der Waals surface area contributed by atoms with E-state index in [1.165, 1.54) is 0 Å². The van der Waals surface area contributed by atoms with Gasteiger partial charge in [0.05, 0.1) is 0 Å². The Labute approximate surface area is 74.7 Å². The predicted molar refractivity (Wildman–Crippen MR) is 9.94 cm³/mol. The minimum atomic E-state index is 0. The molecule has 0 N–H and O–H groups in total. The minimum Gasteiger partial charge on any atom is 0 e. The average Bonchev–Trinajstić information content (AvgIpc) is 0. The Morgan fingerprint density at radius 1 is 1.00 bits per heavy atom. The van der Waals surface area contributed by atoms with Gasteiger partial charge in [-0.25, -0.2) is 0 Å². The van der Waals surface area contributed by atoms with E-state index in [9.17, 15) is 0 Å². The molecule has 1 radical (unpaired) electrons. The molecule has 0 aliphatic carbocycles. The van der Waals surface area contributed by atoms with E-state index < -0.39 is 0 Å². The van der Waals surface area contributed by atoms with Crippen molar-refractivity contribution in [2.45, 2.75) is 0 Å². The fourth-order valence-electron chi connectivity index (χ4n) is 0. The summed E-state index contributed by atoms with van der Waals surface area (Å²) in [5.41, 5.74) is 0. The number of hydrogen-bond donors (Lipinski definition) is 0. The Kier molecular flexibility index (Phi) is 148. The van der Waals surface area contributed by atoms with Crippen LogP contribution in [-0.4, -0.2) is 17.4 Å². The first kappa shape index (κ1) is 32.5. The van der Waals surface area contributed by atoms with Gasteiger partial charge >= 0.3 is 0 Å². The van der Waals surface area contributed by atoms with Crippen LogP contribution in [-0.2, 0) is 58.3 Å². The summed E-state index contributed by atoms with van der Waals surface area (Å²) in [6, 6.07) is 0. The van der Waals surface area contributed by atoms with Gasteiger partial charge < -0.3 is 0 Å². The molecule has 23 valence electrons. The maximum atomic E-state index is 0. The van der Waals surface area contributed by atoms with Crippen LogP contribution in [0.4, 0.5) is 0 Å². The van der Waals surface area contributed by atoms with Gasteiger partial charge in [-0.1, -0.05) is 0 Å². The van der Waals surface area contributed by atoms with E-state index in [4.69, 9.17) is 0 Å². The summed E-state index contributed by atoms with van der Waals surface area (Å²) in [6.45, 7) is 0. The van der Waals surface area contributed by atoms with Crippen molar-refractivity contribution in [1.29, 1.82) is 0 Å². The zero-order valence-corrected chi connectivity index (χ0v) is 6.98. The largest absolute Gasteiger partial charge is 0.187 e. The Morgan fingerprint density at radius 2 is 1.00 bits per heavy atom. The van der Waals surface area contributed by atoms with Crippen molar-refractivity contribution in [2.24, 2.45) is 0 Å². The standard InChI is InChI=1S/Al.Cu.Ti.Zn.3H. The van der Waals surface area contributed by atoms with E-state index in [2.05, 4.69) is 0 Å². The van der Waals surface area contributed by atoms with Gasteiger partial charge in [0.15, 0.2) is 17.4 Å². The Morgan fingerprint density at radius 3 is 1.00 bits per heavy atom.